The molecule has 1 aliphatic carbocycles. The first-order chi connectivity index (χ1) is 15.2. The predicted molar refractivity (Wildman–Crippen MR) is 122 cm³/mol. The summed E-state index contributed by atoms with van der Waals surface area (Å²) in [5.41, 5.74) is 1.70. The second-order valence-corrected chi connectivity index (χ2v) is 10.8. The van der Waals surface area contributed by atoms with Gasteiger partial charge in [0.25, 0.3) is 5.91 Å². The van der Waals surface area contributed by atoms with Gasteiger partial charge in [0.05, 0.1) is 41.7 Å². The number of nitrogens with one attached hydrogen (secondary N) is 2. The average molecular weight is 474 g/mol. The molecule has 0 unspecified atom stereocenters. The van der Waals surface area contributed by atoms with Crippen molar-refractivity contribution in [2.45, 2.75) is 37.5 Å². The van der Waals surface area contributed by atoms with Crippen LogP contribution in [0.25, 0.3) is 11.3 Å². The van der Waals surface area contributed by atoms with Crippen molar-refractivity contribution >= 4 is 32.4 Å². The molecule has 2 aromatic heterocycles. The molecule has 4 rings (SSSR count). The third-order valence-electron chi connectivity index (χ3n) is 5.03. The van der Waals surface area contributed by atoms with Gasteiger partial charge < -0.3 is 10.1 Å². The highest BCUT2D eigenvalue weighted by Gasteiger charge is 2.36. The molecule has 0 bridgehead atoms. The molecular formula is C21H23N5O4S2. The van der Waals surface area contributed by atoms with Crippen LogP contribution < -0.4 is 14.8 Å². The Morgan fingerprint density at radius 1 is 1.16 bits per heavy atom. The van der Waals surface area contributed by atoms with Crippen molar-refractivity contribution in [3.63, 3.8) is 0 Å². The predicted octanol–water partition coefficient (Wildman–Crippen LogP) is 3.18. The zero-order chi connectivity index (χ0) is 22.9. The number of carbonyl (C=O) groups excluding carboxylic acids is 1. The maximum absolute atomic E-state index is 12.8. The van der Waals surface area contributed by atoms with Crippen molar-refractivity contribution in [1.82, 2.24) is 20.3 Å². The fraction of sp³-hybridized carbons (Fsp3) is 0.333. The number of benzene rings is 1. The van der Waals surface area contributed by atoms with Gasteiger partial charge in [0.15, 0.2) is 5.13 Å². The van der Waals surface area contributed by atoms with Crippen LogP contribution in [-0.2, 0) is 15.6 Å². The lowest BCUT2D eigenvalue weighted by Crippen LogP contribution is -2.41. The molecule has 1 amide bonds. The molecule has 0 aliphatic heterocycles. The van der Waals surface area contributed by atoms with E-state index in [-0.39, 0.29) is 11.2 Å². The summed E-state index contributed by atoms with van der Waals surface area (Å²) in [5, 5.41) is 4.68. The molecule has 1 saturated carbocycles. The molecule has 2 heterocycles. The molecule has 168 valence electrons. The van der Waals surface area contributed by atoms with E-state index in [0.29, 0.717) is 40.8 Å². The lowest BCUT2D eigenvalue weighted by molar-refractivity contribution is 0.0910. The van der Waals surface area contributed by atoms with Gasteiger partial charge in [-0.3, -0.25) is 14.5 Å². The maximum atomic E-state index is 12.8. The lowest BCUT2D eigenvalue weighted by atomic mass is 10.0. The first-order valence-corrected chi connectivity index (χ1v) is 12.4. The number of hydrogen-bond acceptors (Lipinski definition) is 8. The second kappa shape index (κ2) is 8.47. The van der Waals surface area contributed by atoms with Gasteiger partial charge in [0, 0.05) is 16.5 Å². The number of amides is 1. The van der Waals surface area contributed by atoms with E-state index in [1.807, 2.05) is 13.8 Å². The topological polar surface area (TPSA) is 123 Å². The molecule has 0 saturated heterocycles. The standard InChI is InChI=1S/C21H23N5O4S2/c1-21(2,17-12-31-20(24-17)26-32(28,29)15-8-9-15)25-19(27)14-6-4-13(5-7-14)16-10-22-11-18(23-16)30-3/h4-7,10-12,15H,8-9H2,1-3H3,(H,24,26)(H,25,27). The smallest absolute Gasteiger partial charge is 0.252 e. The van der Waals surface area contributed by atoms with E-state index in [1.165, 1.54) is 24.6 Å². The van der Waals surface area contributed by atoms with E-state index >= 15 is 0 Å². The van der Waals surface area contributed by atoms with Gasteiger partial charge in [-0.1, -0.05) is 12.1 Å². The van der Waals surface area contributed by atoms with Crippen LogP contribution >= 0.6 is 11.3 Å². The third kappa shape index (κ3) is 4.89. The van der Waals surface area contributed by atoms with Crippen LogP contribution in [0, 0.1) is 0 Å². The maximum Gasteiger partial charge on any atom is 0.252 e. The molecule has 1 aromatic carbocycles. The summed E-state index contributed by atoms with van der Waals surface area (Å²) in [5.74, 6) is 0.138. The number of sulfonamides is 1. The van der Waals surface area contributed by atoms with Crippen molar-refractivity contribution < 1.29 is 17.9 Å². The molecule has 32 heavy (non-hydrogen) atoms. The summed E-state index contributed by atoms with van der Waals surface area (Å²) in [6.45, 7) is 3.64. The Bertz CT molecular complexity index is 1240. The second-order valence-electron chi connectivity index (χ2n) is 7.99. The quantitative estimate of drug-likeness (QED) is 0.515. The van der Waals surface area contributed by atoms with Crippen molar-refractivity contribution in [1.29, 1.82) is 0 Å². The van der Waals surface area contributed by atoms with Gasteiger partial charge in [0.2, 0.25) is 15.9 Å². The summed E-state index contributed by atoms with van der Waals surface area (Å²) in [6, 6.07) is 6.99. The molecule has 1 fully saturated rings. The van der Waals surface area contributed by atoms with Crippen LogP contribution in [0.5, 0.6) is 5.88 Å². The van der Waals surface area contributed by atoms with Gasteiger partial charge >= 0.3 is 0 Å². The highest BCUT2D eigenvalue weighted by atomic mass is 32.2. The third-order valence-corrected chi connectivity index (χ3v) is 7.74. The average Bonchev–Trinajstić information content (AvgIpc) is 3.54. The SMILES string of the molecule is COc1cncc(-c2ccc(C(=O)NC(C)(C)c3csc(NS(=O)(=O)C4CC4)n3)cc2)n1. The van der Waals surface area contributed by atoms with Crippen LogP contribution in [0.1, 0.15) is 42.7 Å². The zero-order valence-corrected chi connectivity index (χ0v) is 19.5. The normalized spacial score (nSPS) is 14.1. The van der Waals surface area contributed by atoms with Crippen LogP contribution in [0.15, 0.2) is 42.0 Å². The minimum Gasteiger partial charge on any atom is -0.480 e. The molecular weight excluding hydrogens is 450 g/mol. The Kier molecular flexibility index (Phi) is 5.87. The number of aromatic nitrogens is 3. The summed E-state index contributed by atoms with van der Waals surface area (Å²) in [7, 11) is -1.85. The van der Waals surface area contributed by atoms with Crippen molar-refractivity contribution in [2.24, 2.45) is 0 Å². The molecule has 0 radical (unpaired) electrons. The van der Waals surface area contributed by atoms with Crippen LogP contribution in [0.3, 0.4) is 0 Å². The van der Waals surface area contributed by atoms with E-state index in [2.05, 4.69) is 25.0 Å². The van der Waals surface area contributed by atoms with Crippen LogP contribution in [0.2, 0.25) is 0 Å². The minimum absolute atomic E-state index is 0.272. The van der Waals surface area contributed by atoms with Gasteiger partial charge in [-0.2, -0.15) is 0 Å². The summed E-state index contributed by atoms with van der Waals surface area (Å²) in [6.07, 6.45) is 4.50. The number of carbonyl (C=O) groups is 1. The van der Waals surface area contributed by atoms with E-state index < -0.39 is 15.6 Å². The van der Waals surface area contributed by atoms with Crippen molar-refractivity contribution in [3.8, 4) is 17.1 Å². The number of nitrogens with zero attached hydrogens (tertiary/aromatic N) is 3. The first-order valence-electron chi connectivity index (χ1n) is 9.94. The number of rotatable bonds is 8. The first kappa shape index (κ1) is 22.2. The highest BCUT2D eigenvalue weighted by molar-refractivity contribution is 7.93. The highest BCUT2D eigenvalue weighted by Crippen LogP contribution is 2.32. The molecule has 1 aliphatic rings. The Labute approximate surface area is 190 Å². The Hall–Kier alpha value is -3.05. The molecule has 0 spiro atoms. The van der Waals surface area contributed by atoms with Gasteiger partial charge in [-0.15, -0.1) is 11.3 Å². The van der Waals surface area contributed by atoms with Crippen molar-refractivity contribution in [3.05, 3.63) is 53.3 Å². The summed E-state index contributed by atoms with van der Waals surface area (Å²) < 4.78 is 31.9. The number of hydrogen-bond donors (Lipinski definition) is 2. The molecule has 11 heteroatoms. The summed E-state index contributed by atoms with van der Waals surface area (Å²) >= 11 is 1.20. The van der Waals surface area contributed by atoms with Crippen LogP contribution in [-0.4, -0.2) is 41.6 Å². The van der Waals surface area contributed by atoms with E-state index in [0.717, 1.165) is 5.56 Å². The number of ether oxygens (including phenoxy) is 1. The Morgan fingerprint density at radius 3 is 2.53 bits per heavy atom. The lowest BCUT2D eigenvalue weighted by Gasteiger charge is -2.24. The number of anilines is 1. The van der Waals surface area contributed by atoms with Crippen molar-refractivity contribution in [2.75, 3.05) is 11.8 Å². The summed E-state index contributed by atoms with van der Waals surface area (Å²) in [4.78, 5) is 25.6. The molecule has 3 aromatic rings. The van der Waals surface area contributed by atoms with Crippen LogP contribution in [0.4, 0.5) is 5.13 Å². The van der Waals surface area contributed by atoms with E-state index in [9.17, 15) is 13.2 Å². The minimum atomic E-state index is -3.38. The number of methoxy groups -OCH3 is 1. The van der Waals surface area contributed by atoms with Gasteiger partial charge in [0.1, 0.15) is 0 Å². The monoisotopic (exact) mass is 473 g/mol. The fourth-order valence-corrected chi connectivity index (χ4v) is 5.46. The van der Waals surface area contributed by atoms with Gasteiger partial charge in [-0.05, 0) is 38.8 Å². The Balaban J connectivity index is 1.44. The Morgan fingerprint density at radius 2 is 1.88 bits per heavy atom. The fourth-order valence-electron chi connectivity index (χ4n) is 2.99. The molecule has 0 atom stereocenters. The van der Waals surface area contributed by atoms with Gasteiger partial charge in [-0.25, -0.2) is 18.4 Å². The van der Waals surface area contributed by atoms with E-state index in [1.54, 1.807) is 35.8 Å². The number of thiazole rings is 1. The van der Waals surface area contributed by atoms with E-state index in [4.69, 9.17) is 4.74 Å². The molecule has 2 N–H and O–H groups in total. The largest absolute Gasteiger partial charge is 0.480 e. The zero-order valence-electron chi connectivity index (χ0n) is 17.8. The molecule has 9 nitrogen and oxygen atoms in total.